The lowest BCUT2D eigenvalue weighted by Crippen LogP contribution is -2.43. The number of carbonyl (C=O) groups is 2. The molecule has 0 saturated heterocycles. The van der Waals surface area contributed by atoms with Gasteiger partial charge in [-0.25, -0.2) is 8.42 Å². The van der Waals surface area contributed by atoms with Gasteiger partial charge in [0.1, 0.15) is 6.04 Å². The van der Waals surface area contributed by atoms with Crippen LogP contribution >= 0.6 is 0 Å². The zero-order valence-corrected chi connectivity index (χ0v) is 9.90. The summed E-state index contributed by atoms with van der Waals surface area (Å²) in [6.07, 6.45) is -0.638. The molecule has 16 heavy (non-hydrogen) atoms. The second kappa shape index (κ2) is 5.80. The van der Waals surface area contributed by atoms with Gasteiger partial charge in [-0.2, -0.15) is 4.31 Å². The van der Waals surface area contributed by atoms with Gasteiger partial charge in [0.25, 0.3) is 0 Å². The molecule has 0 rings (SSSR count). The van der Waals surface area contributed by atoms with E-state index in [0.717, 1.165) is 7.05 Å². The number of carboxylic acids is 2. The molecular weight excluding hydrogens is 238 g/mol. The number of hydrogen-bond donors (Lipinski definition) is 2. The molecule has 0 amide bonds. The fraction of sp³-hybridized carbons (Fsp3) is 0.750. The topological polar surface area (TPSA) is 112 Å². The molecule has 1 atom stereocenters. The Balaban J connectivity index is 4.79. The standard InChI is InChI=1S/C8H15NO6S/c1-3-16(14,15)9(2)6(8(12)13)4-5-7(10)11/h6H,3-5H2,1-2H3,(H,10,11)(H,12,13)/t6-/m0/s1. The van der Waals surface area contributed by atoms with E-state index in [-0.39, 0.29) is 18.6 Å². The molecule has 0 aliphatic carbocycles. The predicted octanol–water partition coefficient (Wildman–Crippen LogP) is -0.414. The lowest BCUT2D eigenvalue weighted by atomic mass is 10.1. The fourth-order valence-electron chi connectivity index (χ4n) is 1.12. The first-order valence-electron chi connectivity index (χ1n) is 4.62. The summed E-state index contributed by atoms with van der Waals surface area (Å²) >= 11 is 0. The number of carboxylic acid groups (broad SMARTS) is 2. The summed E-state index contributed by atoms with van der Waals surface area (Å²) < 4.78 is 23.5. The highest BCUT2D eigenvalue weighted by atomic mass is 32.2. The molecule has 0 radical (unpaired) electrons. The van der Waals surface area contributed by atoms with Gasteiger partial charge in [0.15, 0.2) is 0 Å². The maximum Gasteiger partial charge on any atom is 0.322 e. The van der Waals surface area contributed by atoms with E-state index in [4.69, 9.17) is 10.2 Å². The summed E-state index contributed by atoms with van der Waals surface area (Å²) in [6, 6.07) is -1.33. The second-order valence-corrected chi connectivity index (χ2v) is 5.52. The summed E-state index contributed by atoms with van der Waals surface area (Å²) in [7, 11) is -2.49. The fourth-order valence-corrected chi connectivity index (χ4v) is 2.11. The summed E-state index contributed by atoms with van der Waals surface area (Å²) in [5, 5.41) is 17.2. The molecule has 0 aromatic carbocycles. The van der Waals surface area contributed by atoms with Crippen molar-refractivity contribution in [1.82, 2.24) is 4.31 Å². The average molecular weight is 253 g/mol. The molecule has 94 valence electrons. The molecule has 7 nitrogen and oxygen atoms in total. The summed E-state index contributed by atoms with van der Waals surface area (Å²) in [4.78, 5) is 21.1. The van der Waals surface area contributed by atoms with Crippen LogP contribution in [0.3, 0.4) is 0 Å². The Bertz CT molecular complexity index is 363. The van der Waals surface area contributed by atoms with E-state index in [9.17, 15) is 18.0 Å². The smallest absolute Gasteiger partial charge is 0.322 e. The molecule has 0 spiro atoms. The van der Waals surface area contributed by atoms with Crippen LogP contribution in [0.5, 0.6) is 0 Å². The summed E-state index contributed by atoms with van der Waals surface area (Å²) in [5.41, 5.74) is 0. The maximum atomic E-state index is 11.4. The molecule has 0 aromatic rings. The number of likely N-dealkylation sites (N-methyl/N-ethyl adjacent to an activating group) is 1. The van der Waals surface area contributed by atoms with Gasteiger partial charge in [-0.15, -0.1) is 0 Å². The number of hydrogen-bond acceptors (Lipinski definition) is 4. The first-order chi connectivity index (χ1) is 7.22. The van der Waals surface area contributed by atoms with Crippen molar-refractivity contribution >= 4 is 22.0 Å². The van der Waals surface area contributed by atoms with Gasteiger partial charge in [0, 0.05) is 13.5 Å². The van der Waals surface area contributed by atoms with Crippen molar-refractivity contribution in [1.29, 1.82) is 0 Å². The van der Waals surface area contributed by atoms with E-state index in [1.807, 2.05) is 0 Å². The first kappa shape index (κ1) is 14.8. The molecule has 8 heteroatoms. The van der Waals surface area contributed by atoms with Crippen molar-refractivity contribution < 1.29 is 28.2 Å². The minimum atomic E-state index is -3.63. The molecule has 0 aliphatic heterocycles. The van der Waals surface area contributed by atoms with Crippen LogP contribution in [0, 0.1) is 0 Å². The Morgan fingerprint density at radius 3 is 2.12 bits per heavy atom. The quantitative estimate of drug-likeness (QED) is 0.637. The molecule has 0 bridgehead atoms. The Morgan fingerprint density at radius 1 is 1.31 bits per heavy atom. The lowest BCUT2D eigenvalue weighted by molar-refractivity contribution is -0.142. The Labute approximate surface area is 93.7 Å². The molecule has 0 heterocycles. The summed E-state index contributed by atoms with van der Waals surface area (Å²) in [5.74, 6) is -2.73. The normalized spacial score (nSPS) is 13.7. The van der Waals surface area contributed by atoms with Gasteiger partial charge >= 0.3 is 11.9 Å². The van der Waals surface area contributed by atoms with Gasteiger partial charge in [0.05, 0.1) is 5.75 Å². The molecule has 0 fully saturated rings. The van der Waals surface area contributed by atoms with Gasteiger partial charge in [-0.1, -0.05) is 0 Å². The minimum absolute atomic E-state index is 0.222. The number of aliphatic carboxylic acids is 2. The van der Waals surface area contributed by atoms with Crippen LogP contribution in [-0.2, 0) is 19.6 Å². The average Bonchev–Trinajstić information content (AvgIpc) is 2.16. The van der Waals surface area contributed by atoms with Crippen LogP contribution < -0.4 is 0 Å². The van der Waals surface area contributed by atoms with Crippen LogP contribution in [0.15, 0.2) is 0 Å². The molecule has 0 saturated carbocycles. The maximum absolute atomic E-state index is 11.4. The van der Waals surface area contributed by atoms with Crippen LogP contribution in [0.1, 0.15) is 19.8 Å². The highest BCUT2D eigenvalue weighted by Crippen LogP contribution is 2.11. The molecule has 0 unspecified atom stereocenters. The van der Waals surface area contributed by atoms with Crippen LogP contribution in [0.25, 0.3) is 0 Å². The van der Waals surface area contributed by atoms with E-state index in [1.165, 1.54) is 6.92 Å². The monoisotopic (exact) mass is 253 g/mol. The number of rotatable bonds is 7. The van der Waals surface area contributed by atoms with Gasteiger partial charge in [-0.05, 0) is 13.3 Å². The van der Waals surface area contributed by atoms with Gasteiger partial charge in [0.2, 0.25) is 10.0 Å². The van der Waals surface area contributed by atoms with Crippen molar-refractivity contribution in [2.45, 2.75) is 25.8 Å². The Morgan fingerprint density at radius 2 is 1.81 bits per heavy atom. The minimum Gasteiger partial charge on any atom is -0.481 e. The third-order valence-electron chi connectivity index (χ3n) is 2.16. The van der Waals surface area contributed by atoms with E-state index in [2.05, 4.69) is 0 Å². The van der Waals surface area contributed by atoms with E-state index < -0.39 is 28.0 Å². The van der Waals surface area contributed by atoms with Crippen molar-refractivity contribution in [3.8, 4) is 0 Å². The predicted molar refractivity (Wildman–Crippen MR) is 55.5 cm³/mol. The van der Waals surface area contributed by atoms with Gasteiger partial charge < -0.3 is 10.2 Å². The zero-order chi connectivity index (χ0) is 12.9. The van der Waals surface area contributed by atoms with E-state index in [0.29, 0.717) is 4.31 Å². The SMILES string of the molecule is CCS(=O)(=O)N(C)[C@@H](CCC(=O)O)C(=O)O. The number of sulfonamides is 1. The van der Waals surface area contributed by atoms with Crippen LogP contribution in [-0.4, -0.2) is 53.7 Å². The molecular formula is C8H15NO6S. The molecule has 0 aromatic heterocycles. The van der Waals surface area contributed by atoms with Crippen molar-refractivity contribution in [3.63, 3.8) is 0 Å². The summed E-state index contributed by atoms with van der Waals surface area (Å²) in [6.45, 7) is 1.39. The zero-order valence-electron chi connectivity index (χ0n) is 9.08. The number of nitrogens with zero attached hydrogens (tertiary/aromatic N) is 1. The van der Waals surface area contributed by atoms with Gasteiger partial charge in [-0.3, -0.25) is 9.59 Å². The Kier molecular flexibility index (Phi) is 5.39. The van der Waals surface area contributed by atoms with Crippen LogP contribution in [0.2, 0.25) is 0 Å². The van der Waals surface area contributed by atoms with Crippen molar-refractivity contribution in [3.05, 3.63) is 0 Å². The third kappa shape index (κ3) is 4.15. The lowest BCUT2D eigenvalue weighted by Gasteiger charge is -2.22. The Hall–Kier alpha value is -1.15. The van der Waals surface area contributed by atoms with Crippen LogP contribution in [0.4, 0.5) is 0 Å². The molecule has 0 aliphatic rings. The van der Waals surface area contributed by atoms with E-state index in [1.54, 1.807) is 0 Å². The highest BCUT2D eigenvalue weighted by Gasteiger charge is 2.30. The van der Waals surface area contributed by atoms with Crippen molar-refractivity contribution in [2.24, 2.45) is 0 Å². The second-order valence-electron chi connectivity index (χ2n) is 3.20. The molecule has 2 N–H and O–H groups in total. The largest absolute Gasteiger partial charge is 0.481 e. The van der Waals surface area contributed by atoms with E-state index >= 15 is 0 Å². The van der Waals surface area contributed by atoms with Crippen molar-refractivity contribution in [2.75, 3.05) is 12.8 Å². The highest BCUT2D eigenvalue weighted by molar-refractivity contribution is 7.89. The first-order valence-corrected chi connectivity index (χ1v) is 6.23. The third-order valence-corrected chi connectivity index (χ3v) is 4.02.